The SMILES string of the molecule is Fc1[c-]c(Br)ccc1.[Li+]. The normalized spacial score (nSPS) is 8.22. The molecule has 0 radical (unpaired) electrons. The van der Waals surface area contributed by atoms with Crippen LogP contribution in [0.3, 0.4) is 0 Å². The van der Waals surface area contributed by atoms with Gasteiger partial charge in [0.05, 0.1) is 0 Å². The maximum atomic E-state index is 12.1. The summed E-state index contributed by atoms with van der Waals surface area (Å²) in [5.41, 5.74) is 0. The molecule has 0 saturated heterocycles. The summed E-state index contributed by atoms with van der Waals surface area (Å²) in [4.78, 5) is 0. The molecule has 0 atom stereocenters. The van der Waals surface area contributed by atoms with E-state index in [0.29, 0.717) is 4.47 Å². The van der Waals surface area contributed by atoms with Crippen LogP contribution in [0, 0.1) is 11.9 Å². The van der Waals surface area contributed by atoms with Gasteiger partial charge in [-0.2, -0.15) is 12.1 Å². The van der Waals surface area contributed by atoms with E-state index in [1.54, 1.807) is 12.1 Å². The van der Waals surface area contributed by atoms with Crippen molar-refractivity contribution >= 4 is 15.9 Å². The Morgan fingerprint density at radius 1 is 1.44 bits per heavy atom. The summed E-state index contributed by atoms with van der Waals surface area (Å²) >= 11 is 3.07. The smallest absolute Gasteiger partial charge is 0.236 e. The summed E-state index contributed by atoms with van der Waals surface area (Å²) in [6.07, 6.45) is 0. The van der Waals surface area contributed by atoms with Gasteiger partial charge in [-0.05, 0) is 0 Å². The molecule has 9 heavy (non-hydrogen) atoms. The second-order valence-corrected chi connectivity index (χ2v) is 2.20. The first kappa shape index (κ1) is 9.23. The van der Waals surface area contributed by atoms with Gasteiger partial charge in [0.15, 0.2) is 0 Å². The largest absolute Gasteiger partial charge is 1.00 e. The molecule has 0 saturated carbocycles. The van der Waals surface area contributed by atoms with Crippen LogP contribution in [0.1, 0.15) is 0 Å². The van der Waals surface area contributed by atoms with E-state index in [1.807, 2.05) is 0 Å². The zero-order valence-electron chi connectivity index (χ0n) is 4.99. The minimum absolute atomic E-state index is 0. The molecule has 0 fully saturated rings. The molecule has 0 unspecified atom stereocenters. The van der Waals surface area contributed by atoms with Crippen LogP contribution in [0.4, 0.5) is 4.39 Å². The van der Waals surface area contributed by atoms with Crippen molar-refractivity contribution in [2.75, 3.05) is 0 Å². The predicted molar refractivity (Wildman–Crippen MR) is 32.9 cm³/mol. The Hall–Kier alpha value is 0.227. The number of hydrogen-bond acceptors (Lipinski definition) is 0. The van der Waals surface area contributed by atoms with Gasteiger partial charge < -0.3 is 0 Å². The first-order chi connectivity index (χ1) is 3.79. The van der Waals surface area contributed by atoms with Gasteiger partial charge in [0.25, 0.3) is 0 Å². The fourth-order valence-electron chi connectivity index (χ4n) is 0.414. The summed E-state index contributed by atoms with van der Waals surface area (Å²) in [5, 5.41) is 0. The van der Waals surface area contributed by atoms with Crippen LogP contribution >= 0.6 is 15.9 Å². The Morgan fingerprint density at radius 2 is 2.11 bits per heavy atom. The minimum atomic E-state index is -0.334. The van der Waals surface area contributed by atoms with Crippen LogP contribution in [0.5, 0.6) is 0 Å². The third-order valence-corrected chi connectivity index (χ3v) is 1.19. The van der Waals surface area contributed by atoms with Crippen molar-refractivity contribution in [3.63, 3.8) is 0 Å². The number of benzene rings is 1. The summed E-state index contributed by atoms with van der Waals surface area (Å²) in [6.45, 7) is 0. The zero-order chi connectivity index (χ0) is 5.98. The Bertz CT molecular complexity index is 173. The van der Waals surface area contributed by atoms with Gasteiger partial charge in [-0.15, -0.1) is 12.1 Å². The first-order valence-corrected chi connectivity index (χ1v) is 2.91. The molecule has 0 aliphatic rings. The van der Waals surface area contributed by atoms with E-state index in [0.717, 1.165) is 0 Å². The molecule has 0 heterocycles. The minimum Gasteiger partial charge on any atom is -0.236 e. The monoisotopic (exact) mass is 180 g/mol. The van der Waals surface area contributed by atoms with Crippen molar-refractivity contribution in [3.05, 3.63) is 34.6 Å². The molecular weight excluding hydrogens is 178 g/mol. The maximum absolute atomic E-state index is 12.1. The van der Waals surface area contributed by atoms with Crippen LogP contribution in [0.15, 0.2) is 22.7 Å². The van der Waals surface area contributed by atoms with Gasteiger partial charge in [-0.25, -0.2) is 4.39 Å². The Morgan fingerprint density at radius 3 is 2.44 bits per heavy atom. The van der Waals surface area contributed by atoms with Gasteiger partial charge in [0.1, 0.15) is 0 Å². The van der Waals surface area contributed by atoms with E-state index in [2.05, 4.69) is 22.0 Å². The van der Waals surface area contributed by atoms with Gasteiger partial charge in [-0.3, -0.25) is 0 Å². The van der Waals surface area contributed by atoms with E-state index in [4.69, 9.17) is 0 Å². The Balaban J connectivity index is 0.000000640. The maximum Gasteiger partial charge on any atom is 1.00 e. The van der Waals surface area contributed by atoms with Crippen molar-refractivity contribution in [2.24, 2.45) is 0 Å². The standard InChI is InChI=1S/C6H3BrF.Li/c7-5-2-1-3-6(8)4-5;/h1-3H;/q-1;+1. The molecule has 0 aromatic heterocycles. The molecule has 0 spiro atoms. The third-order valence-electron chi connectivity index (χ3n) is 0.724. The van der Waals surface area contributed by atoms with Gasteiger partial charge >= 0.3 is 18.9 Å². The average molecular weight is 181 g/mol. The first-order valence-electron chi connectivity index (χ1n) is 2.12. The van der Waals surface area contributed by atoms with Crippen LogP contribution in [0.2, 0.25) is 0 Å². The van der Waals surface area contributed by atoms with Crippen LogP contribution in [-0.4, -0.2) is 0 Å². The van der Waals surface area contributed by atoms with E-state index >= 15 is 0 Å². The summed E-state index contributed by atoms with van der Waals surface area (Å²) in [5.74, 6) is -0.334. The fourth-order valence-corrected chi connectivity index (χ4v) is 0.756. The Kier molecular flexibility index (Phi) is 4.21. The zero-order valence-corrected chi connectivity index (χ0v) is 6.57. The van der Waals surface area contributed by atoms with Gasteiger partial charge in [0, 0.05) is 5.82 Å². The van der Waals surface area contributed by atoms with Crippen LogP contribution in [-0.2, 0) is 0 Å². The molecule has 0 N–H and O–H groups in total. The summed E-state index contributed by atoms with van der Waals surface area (Å²) in [6, 6.07) is 7.12. The third kappa shape index (κ3) is 3.05. The molecule has 0 bridgehead atoms. The van der Waals surface area contributed by atoms with Crippen molar-refractivity contribution in [1.29, 1.82) is 0 Å². The van der Waals surface area contributed by atoms with Crippen molar-refractivity contribution < 1.29 is 23.3 Å². The molecule has 3 heteroatoms. The molecule has 0 aliphatic carbocycles. The van der Waals surface area contributed by atoms with E-state index in [9.17, 15) is 4.39 Å². The topological polar surface area (TPSA) is 0 Å². The van der Waals surface area contributed by atoms with E-state index < -0.39 is 0 Å². The fraction of sp³-hybridized carbons (Fsp3) is 0. The molecule has 0 amide bonds. The molecule has 1 rings (SSSR count). The quantitative estimate of drug-likeness (QED) is 0.370. The van der Waals surface area contributed by atoms with E-state index in [-0.39, 0.29) is 24.7 Å². The molecule has 1 aromatic rings. The van der Waals surface area contributed by atoms with Crippen LogP contribution < -0.4 is 18.9 Å². The molecule has 1 aromatic carbocycles. The van der Waals surface area contributed by atoms with Gasteiger partial charge in [0.2, 0.25) is 0 Å². The average Bonchev–Trinajstić information content (AvgIpc) is 1.64. The van der Waals surface area contributed by atoms with Crippen molar-refractivity contribution in [1.82, 2.24) is 0 Å². The van der Waals surface area contributed by atoms with Crippen molar-refractivity contribution in [3.8, 4) is 0 Å². The van der Waals surface area contributed by atoms with Crippen molar-refractivity contribution in [2.45, 2.75) is 0 Å². The second kappa shape index (κ2) is 4.11. The number of halogens is 2. The number of hydrogen-bond donors (Lipinski definition) is 0. The van der Waals surface area contributed by atoms with Crippen LogP contribution in [0.25, 0.3) is 0 Å². The summed E-state index contributed by atoms with van der Waals surface area (Å²) < 4.78 is 12.7. The number of rotatable bonds is 0. The molecular formula is C6H3BrFLi. The summed E-state index contributed by atoms with van der Waals surface area (Å²) in [7, 11) is 0. The van der Waals surface area contributed by atoms with E-state index in [1.165, 1.54) is 6.07 Å². The predicted octanol–water partition coefficient (Wildman–Crippen LogP) is -0.608. The molecule has 42 valence electrons. The van der Waals surface area contributed by atoms with Gasteiger partial charge in [-0.1, -0.05) is 20.4 Å². The Labute approximate surface area is 73.8 Å². The molecule has 0 aliphatic heterocycles. The second-order valence-electron chi connectivity index (χ2n) is 1.35. The molecule has 0 nitrogen and oxygen atoms in total.